The Bertz CT molecular complexity index is 978. The van der Waals surface area contributed by atoms with E-state index in [-0.39, 0.29) is 25.4 Å². The number of anilines is 1. The molecule has 0 saturated carbocycles. The molecular formula is C24H30BrN3O4. The maximum absolute atomic E-state index is 12.1. The lowest BCUT2D eigenvalue weighted by atomic mass is 9.99. The summed E-state index contributed by atoms with van der Waals surface area (Å²) in [6.45, 7) is 7.90. The summed E-state index contributed by atoms with van der Waals surface area (Å²) in [6.07, 6.45) is 0.976. The zero-order valence-corrected chi connectivity index (χ0v) is 20.5. The summed E-state index contributed by atoms with van der Waals surface area (Å²) in [5.41, 5.74) is 8.55. The van der Waals surface area contributed by atoms with Gasteiger partial charge in [0.05, 0.1) is 4.47 Å². The summed E-state index contributed by atoms with van der Waals surface area (Å²) < 4.78 is 6.27. The molecule has 1 unspecified atom stereocenters. The third-order valence-corrected chi connectivity index (χ3v) is 5.69. The number of hydrogen-bond donors (Lipinski definition) is 3. The highest BCUT2D eigenvalue weighted by Gasteiger charge is 2.12. The molecule has 0 heterocycles. The lowest BCUT2D eigenvalue weighted by Gasteiger charge is -2.13. The van der Waals surface area contributed by atoms with Gasteiger partial charge in [0.1, 0.15) is 5.75 Å². The van der Waals surface area contributed by atoms with E-state index in [4.69, 9.17) is 4.74 Å². The van der Waals surface area contributed by atoms with Crippen LogP contribution >= 0.6 is 15.9 Å². The standard InChI is InChI=1S/C24H30BrN3O4/c1-5-16(3)18-7-9-21(19(25)13-18)32-14-24(31)28-27-23(30)11-10-22(29)26-20-8-6-15(2)12-17(20)4/h6-9,12-13,16H,5,10-11,14H2,1-4H3,(H,26,29)(H,27,30)(H,28,31). The lowest BCUT2D eigenvalue weighted by molar-refractivity contribution is -0.130. The molecule has 0 spiro atoms. The number of carbonyl (C=O) groups is 3. The van der Waals surface area contributed by atoms with Crippen LogP contribution in [0.2, 0.25) is 0 Å². The Morgan fingerprint density at radius 3 is 2.31 bits per heavy atom. The van der Waals surface area contributed by atoms with Crippen LogP contribution < -0.4 is 20.9 Å². The number of nitrogens with one attached hydrogen (secondary N) is 3. The molecule has 0 radical (unpaired) electrons. The summed E-state index contributed by atoms with van der Waals surface area (Å²) in [5, 5.41) is 2.79. The monoisotopic (exact) mass is 503 g/mol. The Morgan fingerprint density at radius 1 is 0.969 bits per heavy atom. The van der Waals surface area contributed by atoms with Gasteiger partial charge < -0.3 is 10.1 Å². The molecule has 7 nitrogen and oxygen atoms in total. The van der Waals surface area contributed by atoms with Crippen molar-refractivity contribution >= 4 is 39.3 Å². The van der Waals surface area contributed by atoms with Crippen LogP contribution in [0.4, 0.5) is 5.69 Å². The van der Waals surface area contributed by atoms with Crippen molar-refractivity contribution in [2.24, 2.45) is 0 Å². The second kappa shape index (κ2) is 12.2. The Labute approximate surface area is 197 Å². The number of amides is 3. The first kappa shape index (κ1) is 25.4. The van der Waals surface area contributed by atoms with Crippen molar-refractivity contribution in [2.45, 2.75) is 52.9 Å². The highest BCUT2D eigenvalue weighted by Crippen LogP contribution is 2.30. The van der Waals surface area contributed by atoms with E-state index in [1.807, 2.05) is 50.2 Å². The molecule has 8 heteroatoms. The van der Waals surface area contributed by atoms with Crippen LogP contribution in [0.1, 0.15) is 55.7 Å². The molecule has 0 saturated heterocycles. The largest absolute Gasteiger partial charge is 0.483 e. The highest BCUT2D eigenvalue weighted by molar-refractivity contribution is 9.10. The molecule has 0 fully saturated rings. The molecule has 1 atom stereocenters. The topological polar surface area (TPSA) is 96.5 Å². The van der Waals surface area contributed by atoms with E-state index in [1.165, 1.54) is 5.56 Å². The predicted octanol–water partition coefficient (Wildman–Crippen LogP) is 4.52. The molecular weight excluding hydrogens is 474 g/mol. The van der Waals surface area contributed by atoms with Crippen LogP contribution in [0.15, 0.2) is 40.9 Å². The minimum Gasteiger partial charge on any atom is -0.483 e. The molecule has 0 aliphatic heterocycles. The molecule has 172 valence electrons. The first-order valence-corrected chi connectivity index (χ1v) is 11.4. The average Bonchev–Trinajstić information content (AvgIpc) is 2.76. The normalized spacial score (nSPS) is 11.4. The van der Waals surface area contributed by atoms with Crippen molar-refractivity contribution in [3.05, 3.63) is 57.6 Å². The lowest BCUT2D eigenvalue weighted by Crippen LogP contribution is -2.44. The van der Waals surface area contributed by atoms with Gasteiger partial charge in [0.25, 0.3) is 5.91 Å². The van der Waals surface area contributed by atoms with E-state index in [9.17, 15) is 14.4 Å². The summed E-state index contributed by atoms with van der Waals surface area (Å²) >= 11 is 3.46. The zero-order valence-electron chi connectivity index (χ0n) is 18.9. The SMILES string of the molecule is CCC(C)c1ccc(OCC(=O)NNC(=O)CCC(=O)Nc2ccc(C)cc2C)c(Br)c1. The number of rotatable bonds is 9. The average molecular weight is 504 g/mol. The maximum Gasteiger partial charge on any atom is 0.276 e. The molecule has 3 amide bonds. The van der Waals surface area contributed by atoms with Gasteiger partial charge in [0.2, 0.25) is 11.8 Å². The van der Waals surface area contributed by atoms with Gasteiger partial charge in [0.15, 0.2) is 6.61 Å². The molecule has 0 aromatic heterocycles. The van der Waals surface area contributed by atoms with E-state index in [1.54, 1.807) is 0 Å². The molecule has 32 heavy (non-hydrogen) atoms. The van der Waals surface area contributed by atoms with Crippen molar-refractivity contribution in [2.75, 3.05) is 11.9 Å². The van der Waals surface area contributed by atoms with E-state index in [0.29, 0.717) is 11.7 Å². The van der Waals surface area contributed by atoms with Crippen molar-refractivity contribution in [1.82, 2.24) is 10.9 Å². The van der Waals surface area contributed by atoms with Crippen LogP contribution in [0.25, 0.3) is 0 Å². The van der Waals surface area contributed by atoms with Crippen molar-refractivity contribution < 1.29 is 19.1 Å². The number of halogens is 1. The molecule has 0 aliphatic rings. The Balaban J connectivity index is 1.70. The second-order valence-electron chi connectivity index (χ2n) is 7.75. The predicted molar refractivity (Wildman–Crippen MR) is 128 cm³/mol. The van der Waals surface area contributed by atoms with Crippen molar-refractivity contribution in [3.63, 3.8) is 0 Å². The molecule has 2 rings (SSSR count). The van der Waals surface area contributed by atoms with E-state index >= 15 is 0 Å². The van der Waals surface area contributed by atoms with Gasteiger partial charge in [-0.25, -0.2) is 0 Å². The quantitative estimate of drug-likeness (QED) is 0.438. The summed E-state index contributed by atoms with van der Waals surface area (Å²) in [4.78, 5) is 35.9. The Morgan fingerprint density at radius 2 is 1.66 bits per heavy atom. The van der Waals surface area contributed by atoms with E-state index in [2.05, 4.69) is 45.9 Å². The van der Waals surface area contributed by atoms with Gasteiger partial charge in [-0.1, -0.05) is 37.6 Å². The molecule has 2 aromatic rings. The van der Waals surface area contributed by atoms with Gasteiger partial charge in [-0.2, -0.15) is 0 Å². The van der Waals surface area contributed by atoms with Gasteiger partial charge in [-0.05, 0) is 71.4 Å². The number of ether oxygens (including phenoxy) is 1. The zero-order chi connectivity index (χ0) is 23.7. The minimum absolute atomic E-state index is 0.000990. The second-order valence-corrected chi connectivity index (χ2v) is 8.61. The van der Waals surface area contributed by atoms with Crippen LogP contribution in [0.3, 0.4) is 0 Å². The number of hydrogen-bond acceptors (Lipinski definition) is 4. The van der Waals surface area contributed by atoms with Gasteiger partial charge in [0, 0.05) is 18.5 Å². The van der Waals surface area contributed by atoms with Crippen LogP contribution in [0.5, 0.6) is 5.75 Å². The van der Waals surface area contributed by atoms with Gasteiger partial charge >= 0.3 is 0 Å². The van der Waals surface area contributed by atoms with Gasteiger partial charge in [-0.3, -0.25) is 25.2 Å². The van der Waals surface area contributed by atoms with Crippen molar-refractivity contribution in [3.8, 4) is 5.75 Å². The Hall–Kier alpha value is -2.87. The molecule has 3 N–H and O–H groups in total. The molecule has 0 aliphatic carbocycles. The summed E-state index contributed by atoms with van der Waals surface area (Å²) in [6, 6.07) is 11.5. The number of carbonyl (C=O) groups excluding carboxylic acids is 3. The third-order valence-electron chi connectivity index (χ3n) is 5.07. The first-order chi connectivity index (χ1) is 15.2. The Kier molecular flexibility index (Phi) is 9.71. The maximum atomic E-state index is 12.1. The van der Waals surface area contributed by atoms with Crippen LogP contribution in [-0.2, 0) is 14.4 Å². The smallest absolute Gasteiger partial charge is 0.276 e. The summed E-state index contributed by atoms with van der Waals surface area (Å²) in [5.74, 6) is -0.264. The minimum atomic E-state index is -0.504. The highest BCUT2D eigenvalue weighted by atomic mass is 79.9. The van der Waals surface area contributed by atoms with Crippen LogP contribution in [-0.4, -0.2) is 24.3 Å². The van der Waals surface area contributed by atoms with E-state index in [0.717, 1.165) is 27.7 Å². The van der Waals surface area contributed by atoms with Gasteiger partial charge in [-0.15, -0.1) is 0 Å². The number of benzene rings is 2. The molecule has 2 aromatic carbocycles. The number of hydrazine groups is 1. The van der Waals surface area contributed by atoms with Crippen LogP contribution in [0, 0.1) is 13.8 Å². The number of aryl methyl sites for hydroxylation is 2. The fraction of sp³-hybridized carbons (Fsp3) is 0.375. The molecule has 0 bridgehead atoms. The fourth-order valence-electron chi connectivity index (χ4n) is 2.95. The fourth-order valence-corrected chi connectivity index (χ4v) is 3.46. The van der Waals surface area contributed by atoms with Crippen molar-refractivity contribution in [1.29, 1.82) is 0 Å². The first-order valence-electron chi connectivity index (χ1n) is 10.6. The summed E-state index contributed by atoms with van der Waals surface area (Å²) in [7, 11) is 0. The third kappa shape index (κ3) is 8.00. The van der Waals surface area contributed by atoms with E-state index < -0.39 is 11.8 Å².